The topological polar surface area (TPSA) is 43.8 Å². The minimum atomic E-state index is -0.309. The molecular weight excluding hydrogens is 156 g/mol. The lowest BCUT2D eigenvalue weighted by Crippen LogP contribution is -2.36. The Hall–Kier alpha value is -0.610. The van der Waals surface area contributed by atoms with Crippen LogP contribution >= 0.6 is 0 Å². The van der Waals surface area contributed by atoms with E-state index in [-0.39, 0.29) is 12.0 Å². The summed E-state index contributed by atoms with van der Waals surface area (Å²) in [7, 11) is 3.73. The second kappa shape index (κ2) is 3.87. The highest BCUT2D eigenvalue weighted by Crippen LogP contribution is 2.08. The van der Waals surface area contributed by atoms with E-state index in [9.17, 15) is 9.90 Å². The van der Waals surface area contributed by atoms with Gasteiger partial charge in [-0.2, -0.15) is 0 Å². The van der Waals surface area contributed by atoms with Crippen molar-refractivity contribution in [1.29, 1.82) is 0 Å². The number of nitrogens with zero attached hydrogens (tertiary/aromatic N) is 2. The maximum atomic E-state index is 11.4. The number of aliphatic hydroxyl groups is 1. The molecule has 0 spiro atoms. The average molecular weight is 172 g/mol. The number of β-amino-alcohol motifs (C(OH)–C–C–N with tert-alkyl or cyclic N) is 1. The minimum absolute atomic E-state index is 0.108. The van der Waals surface area contributed by atoms with Crippen LogP contribution in [0.15, 0.2) is 0 Å². The molecule has 1 N–H and O–H groups in total. The van der Waals surface area contributed by atoms with E-state index in [1.807, 2.05) is 19.0 Å². The Labute approximate surface area is 72.8 Å². The van der Waals surface area contributed by atoms with Gasteiger partial charge in [0.15, 0.2) is 0 Å². The average Bonchev–Trinajstić information content (AvgIpc) is 2.34. The summed E-state index contributed by atoms with van der Waals surface area (Å²) in [5, 5.41) is 9.18. The molecule has 0 unspecified atom stereocenters. The Kier molecular flexibility index (Phi) is 3.05. The van der Waals surface area contributed by atoms with Crippen LogP contribution in [0.2, 0.25) is 0 Å². The van der Waals surface area contributed by atoms with Gasteiger partial charge >= 0.3 is 0 Å². The smallest absolute Gasteiger partial charge is 0.236 e. The number of likely N-dealkylation sites (tertiary alicyclic amines) is 1. The summed E-state index contributed by atoms with van der Waals surface area (Å²) in [4.78, 5) is 14.9. The van der Waals surface area contributed by atoms with Gasteiger partial charge in [-0.15, -0.1) is 0 Å². The molecule has 0 aromatic heterocycles. The zero-order chi connectivity index (χ0) is 9.14. The maximum Gasteiger partial charge on any atom is 0.236 e. The Balaban J connectivity index is 2.33. The van der Waals surface area contributed by atoms with Gasteiger partial charge in [0.25, 0.3) is 0 Å². The third-order valence-corrected chi connectivity index (χ3v) is 1.97. The molecule has 0 aliphatic carbocycles. The van der Waals surface area contributed by atoms with Crippen molar-refractivity contribution in [3.8, 4) is 0 Å². The van der Waals surface area contributed by atoms with Crippen LogP contribution in [0.4, 0.5) is 0 Å². The largest absolute Gasteiger partial charge is 0.391 e. The normalized spacial score (nSPS) is 23.7. The van der Waals surface area contributed by atoms with Crippen LogP contribution < -0.4 is 0 Å². The summed E-state index contributed by atoms with van der Waals surface area (Å²) in [5.74, 6) is 0.108. The summed E-state index contributed by atoms with van der Waals surface area (Å²) in [6.07, 6.45) is 0.412. The number of aliphatic hydroxyl groups excluding tert-OH is 1. The molecular formula is C8H16N2O2. The van der Waals surface area contributed by atoms with Crippen molar-refractivity contribution >= 4 is 5.91 Å². The lowest BCUT2D eigenvalue weighted by molar-refractivity contribution is -0.131. The quantitative estimate of drug-likeness (QED) is 0.589. The van der Waals surface area contributed by atoms with E-state index in [0.717, 1.165) is 6.42 Å². The van der Waals surface area contributed by atoms with E-state index in [0.29, 0.717) is 19.6 Å². The first-order valence-corrected chi connectivity index (χ1v) is 4.20. The molecule has 0 saturated carbocycles. The van der Waals surface area contributed by atoms with Crippen LogP contribution in [-0.2, 0) is 4.79 Å². The van der Waals surface area contributed by atoms with Gasteiger partial charge in [0, 0.05) is 13.1 Å². The fraction of sp³-hybridized carbons (Fsp3) is 0.875. The van der Waals surface area contributed by atoms with Gasteiger partial charge in [0.05, 0.1) is 12.6 Å². The Morgan fingerprint density at radius 1 is 1.67 bits per heavy atom. The van der Waals surface area contributed by atoms with E-state index < -0.39 is 0 Å². The second-order valence-electron chi connectivity index (χ2n) is 3.52. The monoisotopic (exact) mass is 172 g/mol. The van der Waals surface area contributed by atoms with Crippen LogP contribution in [0.25, 0.3) is 0 Å². The summed E-state index contributed by atoms with van der Waals surface area (Å²) >= 11 is 0. The predicted octanol–water partition coefficient (Wildman–Crippen LogP) is -0.859. The van der Waals surface area contributed by atoms with Gasteiger partial charge in [-0.1, -0.05) is 0 Å². The molecule has 1 atom stereocenters. The van der Waals surface area contributed by atoms with E-state index in [2.05, 4.69) is 0 Å². The van der Waals surface area contributed by atoms with Gasteiger partial charge in [-0.3, -0.25) is 4.79 Å². The van der Waals surface area contributed by atoms with Crippen molar-refractivity contribution in [2.75, 3.05) is 33.7 Å². The predicted molar refractivity (Wildman–Crippen MR) is 45.8 cm³/mol. The number of carbonyl (C=O) groups is 1. The zero-order valence-electron chi connectivity index (χ0n) is 7.66. The molecule has 1 aliphatic rings. The summed E-state index contributed by atoms with van der Waals surface area (Å²) < 4.78 is 0. The Morgan fingerprint density at radius 3 is 2.75 bits per heavy atom. The molecule has 4 nitrogen and oxygen atoms in total. The lowest BCUT2D eigenvalue weighted by Gasteiger charge is -2.17. The summed E-state index contributed by atoms with van der Waals surface area (Å²) in [6, 6.07) is 0. The molecule has 1 aliphatic heterocycles. The van der Waals surface area contributed by atoms with Crippen molar-refractivity contribution in [2.24, 2.45) is 0 Å². The fourth-order valence-electron chi connectivity index (χ4n) is 1.34. The van der Waals surface area contributed by atoms with Gasteiger partial charge in [0.1, 0.15) is 0 Å². The summed E-state index contributed by atoms with van der Waals surface area (Å²) in [5.41, 5.74) is 0. The fourth-order valence-corrected chi connectivity index (χ4v) is 1.34. The highest BCUT2D eigenvalue weighted by molar-refractivity contribution is 5.78. The van der Waals surface area contributed by atoms with Crippen LogP contribution in [0, 0.1) is 0 Å². The highest BCUT2D eigenvalue weighted by Gasteiger charge is 2.24. The Bertz CT molecular complexity index is 170. The minimum Gasteiger partial charge on any atom is -0.391 e. The maximum absolute atomic E-state index is 11.4. The number of hydrogen-bond acceptors (Lipinski definition) is 3. The molecule has 70 valence electrons. The van der Waals surface area contributed by atoms with E-state index in [1.165, 1.54) is 0 Å². The van der Waals surface area contributed by atoms with Crippen molar-refractivity contribution in [1.82, 2.24) is 9.80 Å². The first-order valence-electron chi connectivity index (χ1n) is 4.20. The molecule has 1 fully saturated rings. The second-order valence-corrected chi connectivity index (χ2v) is 3.52. The SMILES string of the molecule is CN(C)CC(=O)N1CC[C@@H](O)C1. The number of rotatable bonds is 2. The van der Waals surface area contributed by atoms with Crippen LogP contribution in [0.5, 0.6) is 0 Å². The highest BCUT2D eigenvalue weighted by atomic mass is 16.3. The molecule has 1 saturated heterocycles. The van der Waals surface area contributed by atoms with Crippen molar-refractivity contribution in [2.45, 2.75) is 12.5 Å². The Morgan fingerprint density at radius 2 is 2.33 bits per heavy atom. The van der Waals surface area contributed by atoms with Crippen molar-refractivity contribution in [3.05, 3.63) is 0 Å². The molecule has 12 heavy (non-hydrogen) atoms. The molecule has 0 bridgehead atoms. The van der Waals surface area contributed by atoms with Crippen molar-refractivity contribution in [3.63, 3.8) is 0 Å². The lowest BCUT2D eigenvalue weighted by atomic mass is 10.3. The third-order valence-electron chi connectivity index (χ3n) is 1.97. The van der Waals surface area contributed by atoms with Crippen LogP contribution in [-0.4, -0.2) is 60.6 Å². The van der Waals surface area contributed by atoms with Gasteiger partial charge in [-0.25, -0.2) is 0 Å². The molecule has 0 radical (unpaired) electrons. The van der Waals surface area contributed by atoms with Gasteiger partial charge in [0.2, 0.25) is 5.91 Å². The van der Waals surface area contributed by atoms with Gasteiger partial charge < -0.3 is 14.9 Å². The van der Waals surface area contributed by atoms with Crippen LogP contribution in [0.3, 0.4) is 0 Å². The third kappa shape index (κ3) is 2.46. The first-order chi connectivity index (χ1) is 5.59. The van der Waals surface area contributed by atoms with E-state index in [4.69, 9.17) is 0 Å². The zero-order valence-corrected chi connectivity index (χ0v) is 7.66. The first kappa shape index (κ1) is 9.48. The van der Waals surface area contributed by atoms with E-state index >= 15 is 0 Å². The standard InChI is InChI=1S/C8H16N2O2/c1-9(2)6-8(12)10-4-3-7(11)5-10/h7,11H,3-6H2,1-2H3/t7-/m1/s1. The van der Waals surface area contributed by atoms with Gasteiger partial charge in [-0.05, 0) is 20.5 Å². The number of likely N-dealkylation sites (N-methyl/N-ethyl adjacent to an activating group) is 1. The van der Waals surface area contributed by atoms with Crippen LogP contribution in [0.1, 0.15) is 6.42 Å². The number of amides is 1. The molecule has 0 aromatic rings. The molecule has 0 aromatic carbocycles. The molecule has 4 heteroatoms. The molecule has 1 rings (SSSR count). The molecule has 1 heterocycles. The van der Waals surface area contributed by atoms with Crippen molar-refractivity contribution < 1.29 is 9.90 Å². The number of carbonyl (C=O) groups excluding carboxylic acids is 1. The van der Waals surface area contributed by atoms with E-state index in [1.54, 1.807) is 4.90 Å². The molecule has 1 amide bonds. The number of hydrogen-bond donors (Lipinski definition) is 1. The summed E-state index contributed by atoms with van der Waals surface area (Å²) in [6.45, 7) is 1.65.